The van der Waals surface area contributed by atoms with Crippen LogP contribution in [0, 0.1) is 0 Å². The minimum Gasteiger partial charge on any atom is -0.381 e. The number of hydrogen-bond donors (Lipinski definition) is 3. The minimum absolute atomic E-state index is 0.128. The van der Waals surface area contributed by atoms with Crippen LogP contribution in [0.25, 0.3) is 11.0 Å². The number of nitrogens with zero attached hydrogens (tertiary/aromatic N) is 3. The molecule has 3 aromatic rings. The maximum Gasteiger partial charge on any atom is 0.259 e. The van der Waals surface area contributed by atoms with Gasteiger partial charge >= 0.3 is 0 Å². The first kappa shape index (κ1) is 21.8. The summed E-state index contributed by atoms with van der Waals surface area (Å²) in [6, 6.07) is 7.62. The van der Waals surface area contributed by atoms with Crippen molar-refractivity contribution in [1.29, 1.82) is 0 Å². The Balaban J connectivity index is 1.66. The Bertz CT molecular complexity index is 1120. The van der Waals surface area contributed by atoms with Crippen molar-refractivity contribution >= 4 is 34.2 Å². The van der Waals surface area contributed by atoms with E-state index in [0.717, 1.165) is 35.1 Å². The Labute approximate surface area is 186 Å². The number of aromatic nitrogens is 3. The third kappa shape index (κ3) is 4.72. The summed E-state index contributed by atoms with van der Waals surface area (Å²) >= 11 is 0. The van der Waals surface area contributed by atoms with Gasteiger partial charge in [-0.2, -0.15) is 5.10 Å². The van der Waals surface area contributed by atoms with Crippen molar-refractivity contribution < 1.29 is 14.3 Å². The Morgan fingerprint density at radius 1 is 1.19 bits per heavy atom. The molecule has 32 heavy (non-hydrogen) atoms. The van der Waals surface area contributed by atoms with Crippen LogP contribution in [0.5, 0.6) is 0 Å². The van der Waals surface area contributed by atoms with Gasteiger partial charge in [0.2, 0.25) is 5.91 Å². The van der Waals surface area contributed by atoms with E-state index in [9.17, 15) is 9.59 Å². The summed E-state index contributed by atoms with van der Waals surface area (Å²) in [6.45, 7) is 5.88. The number of rotatable bonds is 7. The molecule has 4 rings (SSSR count). The van der Waals surface area contributed by atoms with Crippen LogP contribution in [0.2, 0.25) is 0 Å². The van der Waals surface area contributed by atoms with E-state index >= 15 is 0 Å². The predicted octanol–water partition coefficient (Wildman–Crippen LogP) is 2.93. The van der Waals surface area contributed by atoms with Crippen LogP contribution in [0.3, 0.4) is 0 Å². The van der Waals surface area contributed by atoms with Gasteiger partial charge in [-0.05, 0) is 31.4 Å². The van der Waals surface area contributed by atoms with Gasteiger partial charge in [-0.25, -0.2) is 9.67 Å². The Morgan fingerprint density at radius 3 is 2.72 bits per heavy atom. The Hall–Kier alpha value is -3.46. The maximum absolute atomic E-state index is 13.4. The Kier molecular flexibility index (Phi) is 6.65. The molecule has 1 aliphatic heterocycles. The molecule has 9 heteroatoms. The largest absolute Gasteiger partial charge is 0.381 e. The molecule has 0 radical (unpaired) electrons. The number of hydrogen-bond acceptors (Lipinski definition) is 6. The summed E-state index contributed by atoms with van der Waals surface area (Å²) in [5.74, 6) is -0.398. The molecular weight excluding hydrogens is 408 g/mol. The number of amides is 2. The molecule has 3 N–H and O–H groups in total. The zero-order chi connectivity index (χ0) is 22.5. The zero-order valence-corrected chi connectivity index (χ0v) is 18.4. The van der Waals surface area contributed by atoms with Gasteiger partial charge in [-0.1, -0.05) is 18.2 Å². The number of para-hydroxylation sites is 1. The first-order valence-corrected chi connectivity index (χ1v) is 10.9. The number of fused-ring (bicyclic) bond motifs is 1. The quantitative estimate of drug-likeness (QED) is 0.525. The predicted molar refractivity (Wildman–Crippen MR) is 123 cm³/mol. The van der Waals surface area contributed by atoms with Gasteiger partial charge in [0.15, 0.2) is 5.65 Å². The molecule has 0 saturated carbocycles. The van der Waals surface area contributed by atoms with E-state index in [0.29, 0.717) is 37.6 Å². The van der Waals surface area contributed by atoms with E-state index in [4.69, 9.17) is 4.74 Å². The van der Waals surface area contributed by atoms with Gasteiger partial charge in [0, 0.05) is 51.2 Å². The second kappa shape index (κ2) is 9.78. The molecule has 2 aromatic heterocycles. The van der Waals surface area contributed by atoms with E-state index < -0.39 is 0 Å². The lowest BCUT2D eigenvalue weighted by Gasteiger charge is -2.25. The molecule has 1 saturated heterocycles. The average molecular weight is 437 g/mol. The van der Waals surface area contributed by atoms with Crippen molar-refractivity contribution in [1.82, 2.24) is 20.1 Å². The normalized spacial score (nSPS) is 14.3. The van der Waals surface area contributed by atoms with Crippen LogP contribution in [0.15, 0.2) is 36.7 Å². The lowest BCUT2D eigenvalue weighted by Crippen LogP contribution is -2.29. The fraction of sp³-hybridized carbons (Fsp3) is 0.391. The van der Waals surface area contributed by atoms with Crippen molar-refractivity contribution in [2.24, 2.45) is 0 Å². The van der Waals surface area contributed by atoms with Crippen molar-refractivity contribution in [3.8, 4) is 0 Å². The SMILES string of the molecule is CCn1ncc2c(NC3CCOCC3)c(C(=O)Nc3ccccc3CNC(C)=O)cnc21. The monoisotopic (exact) mass is 436 g/mol. The smallest absolute Gasteiger partial charge is 0.259 e. The van der Waals surface area contributed by atoms with Gasteiger partial charge in [-0.15, -0.1) is 0 Å². The third-order valence-corrected chi connectivity index (χ3v) is 5.57. The molecule has 168 valence electrons. The molecule has 1 aliphatic rings. The lowest BCUT2D eigenvalue weighted by molar-refractivity contribution is -0.119. The molecule has 0 aliphatic carbocycles. The van der Waals surface area contributed by atoms with Crippen LogP contribution in [-0.4, -0.2) is 45.8 Å². The first-order chi connectivity index (χ1) is 15.6. The number of ether oxygens (including phenoxy) is 1. The summed E-state index contributed by atoms with van der Waals surface area (Å²) in [4.78, 5) is 29.2. The average Bonchev–Trinajstić information content (AvgIpc) is 3.23. The molecule has 0 atom stereocenters. The zero-order valence-electron chi connectivity index (χ0n) is 18.4. The fourth-order valence-electron chi connectivity index (χ4n) is 3.84. The molecule has 9 nitrogen and oxygen atoms in total. The summed E-state index contributed by atoms with van der Waals surface area (Å²) in [7, 11) is 0. The topological polar surface area (TPSA) is 110 Å². The molecular formula is C23H28N6O3. The van der Waals surface area contributed by atoms with Crippen LogP contribution >= 0.6 is 0 Å². The van der Waals surface area contributed by atoms with Gasteiger partial charge < -0.3 is 20.7 Å². The molecule has 2 amide bonds. The van der Waals surface area contributed by atoms with Crippen molar-refractivity contribution in [2.75, 3.05) is 23.8 Å². The second-order valence-corrected chi connectivity index (χ2v) is 7.80. The van der Waals surface area contributed by atoms with Crippen LogP contribution in [-0.2, 0) is 22.6 Å². The minimum atomic E-state index is -0.270. The number of benzene rings is 1. The second-order valence-electron chi connectivity index (χ2n) is 7.80. The molecule has 0 bridgehead atoms. The highest BCUT2D eigenvalue weighted by molar-refractivity contribution is 6.12. The number of carbonyl (C=O) groups is 2. The molecule has 0 spiro atoms. The standard InChI is InChI=1S/C23H28N6O3/c1-3-29-22-18(14-26-29)21(27-17-8-10-32-11-9-17)19(13-25-22)23(31)28-20-7-5-4-6-16(20)12-24-15(2)30/h4-7,13-14,17H,3,8-12H2,1-2H3,(H,24,30)(H,25,27)(H,28,31). The van der Waals surface area contributed by atoms with Crippen LogP contribution < -0.4 is 16.0 Å². The van der Waals surface area contributed by atoms with E-state index in [1.54, 1.807) is 12.4 Å². The molecule has 3 heterocycles. The van der Waals surface area contributed by atoms with Gasteiger partial charge in [-0.3, -0.25) is 9.59 Å². The van der Waals surface area contributed by atoms with E-state index in [2.05, 4.69) is 26.0 Å². The molecule has 1 fully saturated rings. The number of nitrogens with one attached hydrogen (secondary N) is 3. The van der Waals surface area contributed by atoms with Crippen LogP contribution in [0.1, 0.15) is 42.6 Å². The van der Waals surface area contributed by atoms with E-state index in [-0.39, 0.29) is 17.9 Å². The third-order valence-electron chi connectivity index (χ3n) is 5.57. The number of aryl methyl sites for hydroxylation is 1. The summed E-state index contributed by atoms with van der Waals surface area (Å²) in [6.07, 6.45) is 5.09. The van der Waals surface area contributed by atoms with Gasteiger partial charge in [0.05, 0.1) is 22.8 Å². The van der Waals surface area contributed by atoms with Gasteiger partial charge in [0.1, 0.15) is 0 Å². The number of pyridine rings is 1. The molecule has 0 unspecified atom stereocenters. The number of anilines is 2. The maximum atomic E-state index is 13.4. The van der Waals surface area contributed by atoms with Crippen molar-refractivity contribution in [2.45, 2.75) is 45.8 Å². The highest BCUT2D eigenvalue weighted by Crippen LogP contribution is 2.29. The van der Waals surface area contributed by atoms with E-state index in [1.165, 1.54) is 6.92 Å². The number of carbonyl (C=O) groups excluding carboxylic acids is 2. The van der Waals surface area contributed by atoms with Crippen molar-refractivity contribution in [3.05, 3.63) is 47.8 Å². The highest BCUT2D eigenvalue weighted by Gasteiger charge is 2.22. The Morgan fingerprint density at radius 2 is 1.97 bits per heavy atom. The summed E-state index contributed by atoms with van der Waals surface area (Å²) < 4.78 is 7.29. The van der Waals surface area contributed by atoms with Crippen molar-refractivity contribution in [3.63, 3.8) is 0 Å². The summed E-state index contributed by atoms with van der Waals surface area (Å²) in [5, 5.41) is 14.6. The van der Waals surface area contributed by atoms with Gasteiger partial charge in [0.25, 0.3) is 5.91 Å². The lowest BCUT2D eigenvalue weighted by atomic mass is 10.1. The fourth-order valence-corrected chi connectivity index (χ4v) is 3.84. The van der Waals surface area contributed by atoms with E-state index in [1.807, 2.05) is 35.9 Å². The van der Waals surface area contributed by atoms with Crippen LogP contribution in [0.4, 0.5) is 11.4 Å². The molecule has 1 aromatic carbocycles. The highest BCUT2D eigenvalue weighted by atomic mass is 16.5. The summed E-state index contributed by atoms with van der Waals surface area (Å²) in [5.41, 5.74) is 3.40. The first-order valence-electron chi connectivity index (χ1n) is 10.9.